The Morgan fingerprint density at radius 3 is 2.76 bits per heavy atom. The average Bonchev–Trinajstić information content (AvgIpc) is 2.93. The fourth-order valence-corrected chi connectivity index (χ4v) is 4.95. The molecule has 0 bridgehead atoms. The first-order valence-electron chi connectivity index (χ1n) is 12.1. The molecule has 0 amide bonds. The lowest BCUT2D eigenvalue weighted by Gasteiger charge is -2.21. The van der Waals surface area contributed by atoms with Crippen LogP contribution in [0.25, 0.3) is 0 Å². The fraction of sp³-hybridized carbons (Fsp3) is 0.654. The van der Waals surface area contributed by atoms with E-state index in [0.29, 0.717) is 36.1 Å². The predicted octanol–water partition coefficient (Wildman–Crippen LogP) is 4.55. The number of aliphatic hydroxyl groups is 2. The maximum Gasteiger partial charge on any atom is 0.306 e. The standard InChI is InChI=1S/C26H37ClO6/c1-17(2)33-26(30)5-3-4-18-6-12-23-22(24(29)14-25(23)32-15-18)13-9-20(28)16-31-21-10-7-19(27)8-11-21/h7-11,13,17-18,20,22-25,28-29H,3-6,12,14-16H2,1-2H3/t18-,20+,22+,23+,24+,25-/m0/s1. The van der Waals surface area contributed by atoms with Crippen molar-refractivity contribution in [2.75, 3.05) is 13.2 Å². The van der Waals surface area contributed by atoms with Crippen molar-refractivity contribution in [2.24, 2.45) is 17.8 Å². The lowest BCUT2D eigenvalue weighted by atomic mass is 9.86. The molecule has 33 heavy (non-hydrogen) atoms. The molecule has 2 fully saturated rings. The minimum atomic E-state index is -0.767. The van der Waals surface area contributed by atoms with E-state index in [0.717, 1.165) is 25.7 Å². The van der Waals surface area contributed by atoms with E-state index < -0.39 is 12.2 Å². The van der Waals surface area contributed by atoms with E-state index in [9.17, 15) is 15.0 Å². The van der Waals surface area contributed by atoms with Crippen LogP contribution in [0.3, 0.4) is 0 Å². The molecule has 7 heteroatoms. The number of fused-ring (bicyclic) bond motifs is 1. The summed E-state index contributed by atoms with van der Waals surface area (Å²) >= 11 is 5.87. The molecule has 0 unspecified atom stereocenters. The molecule has 184 valence electrons. The molecule has 1 aromatic carbocycles. The molecule has 6 nitrogen and oxygen atoms in total. The summed E-state index contributed by atoms with van der Waals surface area (Å²) < 4.78 is 17.0. The van der Waals surface area contributed by atoms with Crippen molar-refractivity contribution in [3.63, 3.8) is 0 Å². The fourth-order valence-electron chi connectivity index (χ4n) is 4.82. The van der Waals surface area contributed by atoms with Crippen LogP contribution >= 0.6 is 11.6 Å². The van der Waals surface area contributed by atoms with Crippen LogP contribution in [-0.4, -0.2) is 53.8 Å². The second-order valence-corrected chi connectivity index (χ2v) is 9.94. The Labute approximate surface area is 201 Å². The highest BCUT2D eigenvalue weighted by molar-refractivity contribution is 6.30. The maximum atomic E-state index is 11.7. The minimum absolute atomic E-state index is 0.0352. The van der Waals surface area contributed by atoms with E-state index in [1.807, 2.05) is 19.9 Å². The molecule has 0 spiro atoms. The van der Waals surface area contributed by atoms with Gasteiger partial charge in [-0.15, -0.1) is 0 Å². The number of esters is 1. The molecule has 1 saturated carbocycles. The smallest absolute Gasteiger partial charge is 0.306 e. The van der Waals surface area contributed by atoms with Gasteiger partial charge in [-0.05, 0) is 75.6 Å². The number of rotatable bonds is 10. The van der Waals surface area contributed by atoms with Crippen LogP contribution in [0, 0.1) is 17.8 Å². The number of ether oxygens (including phenoxy) is 3. The molecule has 0 aromatic heterocycles. The zero-order valence-corrected chi connectivity index (χ0v) is 20.3. The molecule has 6 atom stereocenters. The molecule has 1 aliphatic heterocycles. The van der Waals surface area contributed by atoms with Gasteiger partial charge >= 0.3 is 5.97 Å². The molecule has 3 rings (SSSR count). The summed E-state index contributed by atoms with van der Waals surface area (Å²) in [6.45, 7) is 4.52. The summed E-state index contributed by atoms with van der Waals surface area (Å²) in [4.78, 5) is 11.7. The maximum absolute atomic E-state index is 11.7. The number of hydrogen-bond acceptors (Lipinski definition) is 6. The Bertz CT molecular complexity index is 765. The van der Waals surface area contributed by atoms with E-state index in [2.05, 4.69) is 0 Å². The van der Waals surface area contributed by atoms with E-state index >= 15 is 0 Å². The third-order valence-electron chi connectivity index (χ3n) is 6.49. The van der Waals surface area contributed by atoms with Crippen molar-refractivity contribution in [1.82, 2.24) is 0 Å². The first-order chi connectivity index (χ1) is 15.8. The predicted molar refractivity (Wildman–Crippen MR) is 127 cm³/mol. The Morgan fingerprint density at radius 1 is 1.27 bits per heavy atom. The lowest BCUT2D eigenvalue weighted by Crippen LogP contribution is -2.22. The number of halogens is 1. The van der Waals surface area contributed by atoms with Crippen LogP contribution in [0.2, 0.25) is 5.02 Å². The normalized spacial score (nSPS) is 28.5. The second-order valence-electron chi connectivity index (χ2n) is 9.51. The summed E-state index contributed by atoms with van der Waals surface area (Å²) in [5, 5.41) is 21.5. The molecule has 1 aromatic rings. The van der Waals surface area contributed by atoms with E-state index in [-0.39, 0.29) is 36.6 Å². The highest BCUT2D eigenvalue weighted by atomic mass is 35.5. The first kappa shape index (κ1) is 26.0. The second kappa shape index (κ2) is 12.7. The van der Waals surface area contributed by atoms with Gasteiger partial charge in [-0.2, -0.15) is 0 Å². The van der Waals surface area contributed by atoms with Crippen LogP contribution in [0.5, 0.6) is 5.75 Å². The van der Waals surface area contributed by atoms with E-state index in [1.165, 1.54) is 0 Å². The molecule has 1 saturated heterocycles. The van der Waals surface area contributed by atoms with Gasteiger partial charge in [0.15, 0.2) is 0 Å². The Morgan fingerprint density at radius 2 is 2.03 bits per heavy atom. The number of aliphatic hydroxyl groups excluding tert-OH is 2. The first-order valence-corrected chi connectivity index (χ1v) is 12.4. The number of benzene rings is 1. The molecule has 0 radical (unpaired) electrons. The number of carbonyl (C=O) groups excluding carboxylic acids is 1. The van der Waals surface area contributed by atoms with Crippen LogP contribution in [0.4, 0.5) is 0 Å². The quantitative estimate of drug-likeness (QED) is 0.377. The SMILES string of the molecule is CC(C)OC(=O)CCC[C@H]1CC[C@@H]2[C@@H](C=C[C@@H](O)COc3ccc(Cl)cc3)[C@H](O)C[C@@H]2OC1. The zero-order chi connectivity index (χ0) is 23.8. The van der Waals surface area contributed by atoms with Gasteiger partial charge in [0.25, 0.3) is 0 Å². The van der Waals surface area contributed by atoms with Gasteiger partial charge in [0.05, 0.1) is 18.3 Å². The van der Waals surface area contributed by atoms with Crippen molar-refractivity contribution in [2.45, 2.75) is 76.8 Å². The van der Waals surface area contributed by atoms with E-state index in [4.69, 9.17) is 25.8 Å². The third kappa shape index (κ3) is 8.29. The van der Waals surface area contributed by atoms with Crippen LogP contribution in [0.15, 0.2) is 36.4 Å². The molecular weight excluding hydrogens is 444 g/mol. The topological polar surface area (TPSA) is 85.2 Å². The molecule has 1 heterocycles. The minimum Gasteiger partial charge on any atom is -0.491 e. The summed E-state index contributed by atoms with van der Waals surface area (Å²) in [6, 6.07) is 7.00. The third-order valence-corrected chi connectivity index (χ3v) is 6.75. The Hall–Kier alpha value is -1.60. The Balaban J connectivity index is 1.44. The summed E-state index contributed by atoms with van der Waals surface area (Å²) in [7, 11) is 0. The molecule has 2 N–H and O–H groups in total. The zero-order valence-electron chi connectivity index (χ0n) is 19.6. The van der Waals surface area contributed by atoms with Gasteiger partial charge in [0, 0.05) is 30.4 Å². The molecule has 2 aliphatic rings. The number of hydrogen-bond donors (Lipinski definition) is 2. The summed E-state index contributed by atoms with van der Waals surface area (Å²) in [6.07, 6.45) is 7.16. The highest BCUT2D eigenvalue weighted by Gasteiger charge is 2.43. The van der Waals surface area contributed by atoms with Gasteiger partial charge in [-0.1, -0.05) is 23.8 Å². The van der Waals surface area contributed by atoms with Crippen molar-refractivity contribution >= 4 is 17.6 Å². The van der Waals surface area contributed by atoms with Crippen LogP contribution in [0.1, 0.15) is 52.4 Å². The average molecular weight is 481 g/mol. The largest absolute Gasteiger partial charge is 0.491 e. The molecular formula is C26H37ClO6. The molecule has 1 aliphatic carbocycles. The van der Waals surface area contributed by atoms with Crippen LogP contribution < -0.4 is 4.74 Å². The summed E-state index contributed by atoms with van der Waals surface area (Å²) in [5.41, 5.74) is 0. The van der Waals surface area contributed by atoms with Gasteiger partial charge < -0.3 is 24.4 Å². The van der Waals surface area contributed by atoms with Gasteiger partial charge in [-0.25, -0.2) is 0 Å². The number of carbonyl (C=O) groups is 1. The summed E-state index contributed by atoms with van der Waals surface area (Å²) in [5.74, 6) is 1.12. The monoisotopic (exact) mass is 480 g/mol. The van der Waals surface area contributed by atoms with Crippen molar-refractivity contribution in [3.05, 3.63) is 41.4 Å². The lowest BCUT2D eigenvalue weighted by molar-refractivity contribution is -0.147. The Kier molecular flexibility index (Phi) is 10.0. The van der Waals surface area contributed by atoms with Crippen molar-refractivity contribution < 1.29 is 29.2 Å². The van der Waals surface area contributed by atoms with Gasteiger partial charge in [0.1, 0.15) is 18.5 Å². The van der Waals surface area contributed by atoms with E-state index in [1.54, 1.807) is 30.3 Å². The van der Waals surface area contributed by atoms with Crippen molar-refractivity contribution in [1.29, 1.82) is 0 Å². The van der Waals surface area contributed by atoms with Gasteiger partial charge in [0.2, 0.25) is 0 Å². The van der Waals surface area contributed by atoms with Crippen molar-refractivity contribution in [3.8, 4) is 5.75 Å². The van der Waals surface area contributed by atoms with Gasteiger partial charge in [-0.3, -0.25) is 4.79 Å². The highest BCUT2D eigenvalue weighted by Crippen LogP contribution is 2.42. The van der Waals surface area contributed by atoms with Crippen LogP contribution in [-0.2, 0) is 14.3 Å².